The molecule has 2 heterocycles. The highest BCUT2D eigenvalue weighted by Gasteiger charge is 2.42. The highest BCUT2D eigenvalue weighted by Crippen LogP contribution is 2.24. The molecular weight excluding hydrogens is 258 g/mol. The maximum atomic E-state index is 11.7. The van der Waals surface area contributed by atoms with Crippen molar-refractivity contribution in [3.8, 4) is 0 Å². The lowest BCUT2D eigenvalue weighted by atomic mass is 10.2. The van der Waals surface area contributed by atoms with E-state index in [9.17, 15) is 14.7 Å². The van der Waals surface area contributed by atoms with Gasteiger partial charge in [-0.25, -0.2) is 9.59 Å². The van der Waals surface area contributed by atoms with E-state index in [-0.39, 0.29) is 26.4 Å². The van der Waals surface area contributed by atoms with Gasteiger partial charge in [0.15, 0.2) is 0 Å². The number of amides is 4. The maximum absolute atomic E-state index is 11.7. The summed E-state index contributed by atoms with van der Waals surface area (Å²) < 4.78 is 10.2. The summed E-state index contributed by atoms with van der Waals surface area (Å²) in [7, 11) is 1.44. The molecule has 3 N–H and O–H groups in total. The molecule has 0 unspecified atom stereocenters. The van der Waals surface area contributed by atoms with E-state index >= 15 is 0 Å². The van der Waals surface area contributed by atoms with Gasteiger partial charge in [0.2, 0.25) is 0 Å². The van der Waals surface area contributed by atoms with E-state index in [1.54, 1.807) is 0 Å². The lowest BCUT2D eigenvalue weighted by molar-refractivity contribution is -0.0810. The molecule has 2 fully saturated rings. The van der Waals surface area contributed by atoms with Gasteiger partial charge in [-0.15, -0.1) is 0 Å². The van der Waals surface area contributed by atoms with E-state index in [1.165, 1.54) is 16.9 Å². The predicted octanol–water partition coefficient (Wildman–Crippen LogP) is -1.54. The van der Waals surface area contributed by atoms with Crippen molar-refractivity contribution < 1.29 is 29.3 Å². The standard InChI is InChI=1S/C10H17N3O6/c1-18-5-12-4-13(10(17)11-9(12)16)8-2-6(15)7(3-14)19-8/h6-8,14-15H,2-5H2,1H3,(H,11,16,17)/t6-,7+,8+/m0/s1. The van der Waals surface area contributed by atoms with Gasteiger partial charge >= 0.3 is 12.1 Å². The van der Waals surface area contributed by atoms with Crippen LogP contribution in [0.4, 0.5) is 9.59 Å². The fourth-order valence-corrected chi connectivity index (χ4v) is 2.10. The molecule has 2 rings (SSSR count). The molecule has 0 aliphatic carbocycles. The van der Waals surface area contributed by atoms with Crippen LogP contribution < -0.4 is 5.32 Å². The monoisotopic (exact) mass is 275 g/mol. The SMILES string of the molecule is COCN1CN([C@H]2C[C@H](O)[C@@H](CO)O2)C(=O)NC1=O. The van der Waals surface area contributed by atoms with Gasteiger partial charge in [0.05, 0.1) is 12.7 Å². The maximum Gasteiger partial charge on any atom is 0.328 e. The van der Waals surface area contributed by atoms with Gasteiger partial charge in [0.25, 0.3) is 0 Å². The van der Waals surface area contributed by atoms with Crippen LogP contribution in [0, 0.1) is 0 Å². The van der Waals surface area contributed by atoms with Crippen molar-refractivity contribution in [1.29, 1.82) is 0 Å². The molecule has 0 bridgehead atoms. The number of nitrogens with zero attached hydrogens (tertiary/aromatic N) is 2. The van der Waals surface area contributed by atoms with Crippen molar-refractivity contribution in [3.63, 3.8) is 0 Å². The Bertz CT molecular complexity index is 365. The smallest absolute Gasteiger partial charge is 0.328 e. The zero-order valence-corrected chi connectivity index (χ0v) is 10.5. The molecule has 2 aliphatic rings. The number of aliphatic hydroxyl groups excluding tert-OH is 2. The van der Waals surface area contributed by atoms with E-state index in [0.29, 0.717) is 0 Å². The van der Waals surface area contributed by atoms with Crippen molar-refractivity contribution in [2.75, 3.05) is 27.1 Å². The topological polar surface area (TPSA) is 112 Å². The molecule has 19 heavy (non-hydrogen) atoms. The fourth-order valence-electron chi connectivity index (χ4n) is 2.10. The Labute approximate surface area is 109 Å². The number of methoxy groups -OCH3 is 1. The molecule has 0 aromatic heterocycles. The molecule has 0 aromatic carbocycles. The Hall–Kier alpha value is -1.42. The largest absolute Gasteiger partial charge is 0.394 e. The van der Waals surface area contributed by atoms with E-state index < -0.39 is 30.5 Å². The molecule has 9 heteroatoms. The molecule has 108 valence electrons. The number of rotatable bonds is 4. The minimum absolute atomic E-state index is 0.00798. The average molecular weight is 275 g/mol. The van der Waals surface area contributed by atoms with Crippen LogP contribution in [-0.2, 0) is 9.47 Å². The van der Waals surface area contributed by atoms with E-state index in [2.05, 4.69) is 5.32 Å². The summed E-state index contributed by atoms with van der Waals surface area (Å²) >= 11 is 0. The Kier molecular flexibility index (Phi) is 4.20. The Morgan fingerprint density at radius 2 is 2.21 bits per heavy atom. The van der Waals surface area contributed by atoms with Gasteiger partial charge in [-0.1, -0.05) is 0 Å². The van der Waals surface area contributed by atoms with Crippen LogP contribution in [0.2, 0.25) is 0 Å². The number of hydrogen-bond acceptors (Lipinski definition) is 6. The lowest BCUT2D eigenvalue weighted by Gasteiger charge is -2.37. The molecule has 2 aliphatic heterocycles. The number of hydrogen-bond donors (Lipinski definition) is 3. The quantitative estimate of drug-likeness (QED) is 0.573. The van der Waals surface area contributed by atoms with Crippen LogP contribution in [0.3, 0.4) is 0 Å². The Morgan fingerprint density at radius 1 is 1.47 bits per heavy atom. The van der Waals surface area contributed by atoms with Gasteiger partial charge in [0, 0.05) is 13.5 Å². The number of urea groups is 2. The molecule has 0 spiro atoms. The van der Waals surface area contributed by atoms with Crippen molar-refractivity contribution >= 4 is 12.1 Å². The minimum atomic E-state index is -0.837. The van der Waals surface area contributed by atoms with Gasteiger partial charge in [-0.3, -0.25) is 15.1 Å². The fraction of sp³-hybridized carbons (Fsp3) is 0.800. The molecule has 4 amide bonds. The molecule has 2 saturated heterocycles. The minimum Gasteiger partial charge on any atom is -0.394 e. The number of carbonyl (C=O) groups excluding carboxylic acids is 2. The third-order valence-corrected chi connectivity index (χ3v) is 3.10. The number of aliphatic hydroxyl groups is 2. The molecule has 0 radical (unpaired) electrons. The highest BCUT2D eigenvalue weighted by atomic mass is 16.5. The van der Waals surface area contributed by atoms with Gasteiger partial charge in [-0.2, -0.15) is 0 Å². The summed E-state index contributed by atoms with van der Waals surface area (Å²) in [5, 5.41) is 20.8. The predicted molar refractivity (Wildman–Crippen MR) is 60.7 cm³/mol. The molecule has 0 saturated carbocycles. The summed E-state index contributed by atoms with van der Waals surface area (Å²) in [4.78, 5) is 25.8. The molecule has 3 atom stereocenters. The summed E-state index contributed by atoms with van der Waals surface area (Å²) in [6, 6.07) is -1.13. The second-order valence-electron chi connectivity index (χ2n) is 4.42. The Balaban J connectivity index is 2.03. The second kappa shape index (κ2) is 5.70. The number of ether oxygens (including phenoxy) is 2. The van der Waals surface area contributed by atoms with Gasteiger partial charge in [0.1, 0.15) is 25.7 Å². The van der Waals surface area contributed by atoms with Crippen LogP contribution in [0.25, 0.3) is 0 Å². The number of imide groups is 1. The Morgan fingerprint density at radius 3 is 2.79 bits per heavy atom. The van der Waals surface area contributed by atoms with E-state index in [1.807, 2.05) is 0 Å². The number of carbonyl (C=O) groups is 2. The van der Waals surface area contributed by atoms with Crippen LogP contribution in [0.1, 0.15) is 6.42 Å². The first-order chi connectivity index (χ1) is 9.06. The first kappa shape index (κ1) is 14.0. The summed E-state index contributed by atoms with van der Waals surface area (Å²) in [5.41, 5.74) is 0. The van der Waals surface area contributed by atoms with Crippen LogP contribution >= 0.6 is 0 Å². The van der Waals surface area contributed by atoms with Crippen molar-refractivity contribution in [3.05, 3.63) is 0 Å². The molecule has 9 nitrogen and oxygen atoms in total. The highest BCUT2D eigenvalue weighted by molar-refractivity contribution is 5.95. The van der Waals surface area contributed by atoms with Crippen LogP contribution in [0.15, 0.2) is 0 Å². The molecular formula is C10H17N3O6. The summed E-state index contributed by atoms with van der Waals surface area (Å²) in [5.74, 6) is 0. The first-order valence-electron chi connectivity index (χ1n) is 5.86. The summed E-state index contributed by atoms with van der Waals surface area (Å²) in [6.45, 7) is -0.282. The van der Waals surface area contributed by atoms with Crippen molar-refractivity contribution in [2.45, 2.75) is 24.9 Å². The molecule has 0 aromatic rings. The van der Waals surface area contributed by atoms with E-state index in [0.717, 1.165) is 0 Å². The third kappa shape index (κ3) is 2.78. The second-order valence-corrected chi connectivity index (χ2v) is 4.42. The third-order valence-electron chi connectivity index (χ3n) is 3.10. The van der Waals surface area contributed by atoms with Crippen molar-refractivity contribution in [1.82, 2.24) is 15.1 Å². The zero-order chi connectivity index (χ0) is 14.0. The first-order valence-corrected chi connectivity index (χ1v) is 5.86. The lowest BCUT2D eigenvalue weighted by Crippen LogP contribution is -2.62. The van der Waals surface area contributed by atoms with Crippen LogP contribution in [-0.4, -0.2) is 77.6 Å². The van der Waals surface area contributed by atoms with Gasteiger partial charge in [-0.05, 0) is 0 Å². The van der Waals surface area contributed by atoms with E-state index in [4.69, 9.17) is 14.6 Å². The zero-order valence-electron chi connectivity index (χ0n) is 10.5. The average Bonchev–Trinajstić information content (AvgIpc) is 2.74. The summed E-state index contributed by atoms with van der Waals surface area (Å²) in [6.07, 6.45) is -2.05. The normalized spacial score (nSPS) is 31.8. The van der Waals surface area contributed by atoms with Crippen LogP contribution in [0.5, 0.6) is 0 Å². The number of nitrogens with one attached hydrogen (secondary N) is 1. The van der Waals surface area contributed by atoms with Crippen molar-refractivity contribution in [2.24, 2.45) is 0 Å². The van der Waals surface area contributed by atoms with Gasteiger partial charge < -0.3 is 19.7 Å².